The van der Waals surface area contributed by atoms with Crippen LogP contribution in [0.15, 0.2) is 30.5 Å². The van der Waals surface area contributed by atoms with E-state index in [1.54, 1.807) is 7.11 Å². The van der Waals surface area contributed by atoms with E-state index in [1.165, 1.54) is 17.1 Å². The molecule has 2 atom stereocenters. The van der Waals surface area contributed by atoms with E-state index in [0.29, 0.717) is 17.9 Å². The van der Waals surface area contributed by atoms with Crippen molar-refractivity contribution in [2.75, 3.05) is 70.5 Å². The maximum absolute atomic E-state index is 5.86. The second-order valence-corrected chi connectivity index (χ2v) is 12.4. The molecule has 0 spiro atoms. The summed E-state index contributed by atoms with van der Waals surface area (Å²) in [6.07, 6.45) is 2.04. The van der Waals surface area contributed by atoms with Crippen LogP contribution in [0.5, 0.6) is 0 Å². The normalized spacial score (nSPS) is 20.2. The molecule has 2 aromatic rings. The van der Waals surface area contributed by atoms with Crippen LogP contribution in [0.4, 0.5) is 11.4 Å². The van der Waals surface area contributed by atoms with Crippen molar-refractivity contribution in [2.24, 2.45) is 0 Å². The van der Waals surface area contributed by atoms with E-state index in [1.807, 2.05) is 6.20 Å². The van der Waals surface area contributed by atoms with Crippen LogP contribution in [0.25, 0.3) is 0 Å². The lowest BCUT2D eigenvalue weighted by Crippen LogP contribution is -2.52. The van der Waals surface area contributed by atoms with Crippen molar-refractivity contribution in [3.05, 3.63) is 47.5 Å². The monoisotopic (exact) mass is 555 g/mol. The SMILES string of the molecule is CC(C)c1ccc(N2CCOCC2C)c(CN(C)C)n1.COC(C)(C)C1CN(c2ccc(C(C)C)nc2)CCO1. The Hall–Kier alpha value is -2.26. The number of rotatable bonds is 8. The number of ether oxygens (including phenoxy) is 3. The van der Waals surface area contributed by atoms with E-state index in [2.05, 4.69) is 107 Å². The highest BCUT2D eigenvalue weighted by molar-refractivity contribution is 5.53. The van der Waals surface area contributed by atoms with Gasteiger partial charge in [-0.25, -0.2) is 0 Å². The molecule has 0 N–H and O–H groups in total. The van der Waals surface area contributed by atoms with Gasteiger partial charge < -0.3 is 28.9 Å². The van der Waals surface area contributed by atoms with Crippen LogP contribution in [-0.2, 0) is 20.8 Å². The van der Waals surface area contributed by atoms with Gasteiger partial charge in [-0.05, 0) is 71.0 Å². The lowest BCUT2D eigenvalue weighted by Gasteiger charge is -2.41. The molecule has 0 aromatic carbocycles. The minimum Gasteiger partial charge on any atom is -0.377 e. The van der Waals surface area contributed by atoms with Crippen LogP contribution in [0.2, 0.25) is 0 Å². The van der Waals surface area contributed by atoms with Crippen LogP contribution < -0.4 is 9.80 Å². The van der Waals surface area contributed by atoms with E-state index < -0.39 is 0 Å². The molecule has 40 heavy (non-hydrogen) atoms. The van der Waals surface area contributed by atoms with E-state index in [9.17, 15) is 0 Å². The van der Waals surface area contributed by atoms with Crippen molar-refractivity contribution in [3.8, 4) is 0 Å². The van der Waals surface area contributed by atoms with Crippen molar-refractivity contribution in [1.82, 2.24) is 14.9 Å². The van der Waals surface area contributed by atoms with E-state index >= 15 is 0 Å². The van der Waals surface area contributed by atoms with Crippen molar-refractivity contribution in [1.29, 1.82) is 0 Å². The van der Waals surface area contributed by atoms with E-state index in [-0.39, 0.29) is 11.7 Å². The van der Waals surface area contributed by atoms with Gasteiger partial charge in [0, 0.05) is 50.7 Å². The van der Waals surface area contributed by atoms with Gasteiger partial charge >= 0.3 is 0 Å². The summed E-state index contributed by atoms with van der Waals surface area (Å²) in [5, 5.41) is 0. The molecule has 224 valence electrons. The Morgan fingerprint density at radius 1 is 1.02 bits per heavy atom. The molecule has 2 fully saturated rings. The third kappa shape index (κ3) is 8.62. The Balaban J connectivity index is 0.000000220. The quantitative estimate of drug-likeness (QED) is 0.433. The molecule has 0 bridgehead atoms. The third-order valence-corrected chi connectivity index (χ3v) is 7.80. The molecule has 4 heterocycles. The Morgan fingerprint density at radius 3 is 2.30 bits per heavy atom. The first-order chi connectivity index (χ1) is 18.9. The summed E-state index contributed by atoms with van der Waals surface area (Å²) in [6, 6.07) is 9.09. The fraction of sp³-hybridized carbons (Fsp3) is 0.688. The third-order valence-electron chi connectivity index (χ3n) is 7.80. The Bertz CT molecular complexity index is 1040. The highest BCUT2D eigenvalue weighted by Gasteiger charge is 2.34. The number of nitrogens with zero attached hydrogens (tertiary/aromatic N) is 5. The molecular formula is C32H53N5O3. The average Bonchev–Trinajstić information content (AvgIpc) is 2.93. The zero-order chi connectivity index (χ0) is 29.4. The lowest BCUT2D eigenvalue weighted by atomic mass is 9.99. The number of methoxy groups -OCH3 is 1. The van der Waals surface area contributed by atoms with Crippen LogP contribution in [0.1, 0.15) is 77.4 Å². The van der Waals surface area contributed by atoms with E-state index in [0.717, 1.165) is 57.4 Å². The first kappa shape index (κ1) is 32.3. The number of hydrogen-bond donors (Lipinski definition) is 0. The van der Waals surface area contributed by atoms with Crippen LogP contribution in [0.3, 0.4) is 0 Å². The molecule has 0 amide bonds. The molecule has 4 rings (SSSR count). The van der Waals surface area contributed by atoms with Gasteiger partial charge in [-0.3, -0.25) is 9.97 Å². The zero-order valence-corrected chi connectivity index (χ0v) is 26.6. The summed E-state index contributed by atoms with van der Waals surface area (Å²) in [4.78, 5) is 16.4. The smallest absolute Gasteiger partial charge is 0.103 e. The fourth-order valence-corrected chi connectivity index (χ4v) is 4.96. The van der Waals surface area contributed by atoms with Gasteiger partial charge in [-0.15, -0.1) is 0 Å². The zero-order valence-electron chi connectivity index (χ0n) is 26.6. The number of hydrogen-bond acceptors (Lipinski definition) is 8. The maximum Gasteiger partial charge on any atom is 0.103 e. The highest BCUT2D eigenvalue weighted by Crippen LogP contribution is 2.27. The maximum atomic E-state index is 5.86. The van der Waals surface area contributed by atoms with Gasteiger partial charge in [0.15, 0.2) is 0 Å². The summed E-state index contributed by atoms with van der Waals surface area (Å²) >= 11 is 0. The minimum atomic E-state index is -0.274. The van der Waals surface area contributed by atoms with Gasteiger partial charge in [0.1, 0.15) is 6.10 Å². The molecule has 2 aliphatic heterocycles. The molecule has 0 aliphatic carbocycles. The molecular weight excluding hydrogens is 502 g/mol. The molecule has 8 nitrogen and oxygen atoms in total. The summed E-state index contributed by atoms with van der Waals surface area (Å²) in [5.74, 6) is 0.931. The van der Waals surface area contributed by atoms with Crippen molar-refractivity contribution < 1.29 is 14.2 Å². The van der Waals surface area contributed by atoms with Crippen LogP contribution >= 0.6 is 0 Å². The fourth-order valence-electron chi connectivity index (χ4n) is 4.96. The number of anilines is 2. The van der Waals surface area contributed by atoms with Gasteiger partial charge in [-0.1, -0.05) is 27.7 Å². The van der Waals surface area contributed by atoms with Gasteiger partial charge in [0.2, 0.25) is 0 Å². The second-order valence-electron chi connectivity index (χ2n) is 12.4. The Morgan fingerprint density at radius 2 is 1.73 bits per heavy atom. The van der Waals surface area contributed by atoms with Crippen LogP contribution in [0, 0.1) is 0 Å². The molecule has 2 aromatic heterocycles. The molecule has 2 aliphatic rings. The van der Waals surface area contributed by atoms with Gasteiger partial charge in [0.25, 0.3) is 0 Å². The molecule has 0 radical (unpaired) electrons. The largest absolute Gasteiger partial charge is 0.377 e. The Kier molecular flexibility index (Phi) is 11.8. The first-order valence-corrected chi connectivity index (χ1v) is 14.8. The average molecular weight is 556 g/mol. The predicted octanol–water partition coefficient (Wildman–Crippen LogP) is 5.33. The van der Waals surface area contributed by atoms with Gasteiger partial charge in [0.05, 0.1) is 48.7 Å². The van der Waals surface area contributed by atoms with Crippen molar-refractivity contribution in [2.45, 2.75) is 84.6 Å². The number of pyridine rings is 2. The molecule has 0 saturated carbocycles. The molecule has 8 heteroatoms. The standard InChI is InChI=1S/C16H27N3O.C16H26N2O2/c1-12(2)14-6-7-16(15(17-14)10-18(4)5)19-8-9-20-11-13(19)3;1-12(2)14-7-6-13(10-17-14)18-8-9-20-15(11-18)16(3,4)19-5/h6-7,12-13H,8-11H2,1-5H3;6-7,10,12,15H,8-9,11H2,1-5H3. The Labute approximate surface area is 243 Å². The summed E-state index contributed by atoms with van der Waals surface area (Å²) in [6.45, 7) is 21.0. The van der Waals surface area contributed by atoms with Gasteiger partial charge in [-0.2, -0.15) is 0 Å². The number of aromatic nitrogens is 2. The summed E-state index contributed by atoms with van der Waals surface area (Å²) in [5.41, 5.74) is 5.63. The van der Waals surface area contributed by atoms with Crippen LogP contribution in [-0.4, -0.2) is 93.3 Å². The number of morpholine rings is 2. The molecule has 2 saturated heterocycles. The van der Waals surface area contributed by atoms with Crippen molar-refractivity contribution in [3.63, 3.8) is 0 Å². The highest BCUT2D eigenvalue weighted by atomic mass is 16.5. The predicted molar refractivity (Wildman–Crippen MR) is 165 cm³/mol. The second kappa shape index (κ2) is 14.6. The molecule has 2 unspecified atom stereocenters. The first-order valence-electron chi connectivity index (χ1n) is 14.8. The van der Waals surface area contributed by atoms with Crippen molar-refractivity contribution >= 4 is 11.4 Å². The topological polar surface area (TPSA) is 63.2 Å². The summed E-state index contributed by atoms with van der Waals surface area (Å²) in [7, 11) is 5.92. The van der Waals surface area contributed by atoms with E-state index in [4.69, 9.17) is 19.2 Å². The summed E-state index contributed by atoms with van der Waals surface area (Å²) < 4.78 is 16.9. The lowest BCUT2D eigenvalue weighted by molar-refractivity contribution is -0.113. The minimum absolute atomic E-state index is 0.0750.